The fraction of sp³-hybridized carbons (Fsp3) is 0.857. The molecule has 0 spiro atoms. The number of hydrogen-bond acceptors (Lipinski definition) is 2. The van der Waals surface area contributed by atoms with Crippen LogP contribution in [0.25, 0.3) is 0 Å². The Hall–Kier alpha value is -0.380. The maximum atomic E-state index is 7.21. The molecule has 11 heavy (non-hydrogen) atoms. The molecule has 0 heterocycles. The molecule has 0 fully saturated rings. The van der Waals surface area contributed by atoms with E-state index in [1.807, 2.05) is 11.9 Å². The fourth-order valence-electron chi connectivity index (χ4n) is 0.893. The predicted molar refractivity (Wildman–Crippen MR) is 52.1 cm³/mol. The van der Waals surface area contributed by atoms with Gasteiger partial charge >= 0.3 is 0 Å². The minimum atomic E-state index is 0.158. The summed E-state index contributed by atoms with van der Waals surface area (Å²) in [5, 5.41) is 7.21. The van der Waals surface area contributed by atoms with Crippen molar-refractivity contribution in [3.05, 3.63) is 0 Å². The van der Waals surface area contributed by atoms with Crippen molar-refractivity contribution in [3.63, 3.8) is 0 Å². The van der Waals surface area contributed by atoms with E-state index in [2.05, 4.69) is 13.2 Å². The van der Waals surface area contributed by atoms with Crippen LogP contribution in [-0.4, -0.2) is 36.0 Å². The van der Waals surface area contributed by atoms with Crippen molar-refractivity contribution in [2.45, 2.75) is 19.4 Å². The highest BCUT2D eigenvalue weighted by Crippen LogP contribution is 2.06. The van der Waals surface area contributed by atoms with E-state index in [0.717, 1.165) is 12.2 Å². The largest absolute Gasteiger partial charge is 0.370 e. The Balaban J connectivity index is 3.91. The van der Waals surface area contributed by atoms with Crippen molar-refractivity contribution in [2.75, 3.05) is 19.1 Å². The topological polar surface area (TPSA) is 53.1 Å². The summed E-state index contributed by atoms with van der Waals surface area (Å²) in [6.45, 7) is 2.11. The van der Waals surface area contributed by atoms with Crippen molar-refractivity contribution >= 4 is 17.7 Å². The zero-order chi connectivity index (χ0) is 8.85. The summed E-state index contributed by atoms with van der Waals surface area (Å²) < 4.78 is 0. The Morgan fingerprint density at radius 1 is 1.73 bits per heavy atom. The van der Waals surface area contributed by atoms with Crippen LogP contribution in [0.1, 0.15) is 13.3 Å². The molecule has 0 aliphatic carbocycles. The molecule has 1 unspecified atom stereocenters. The predicted octanol–water partition coefficient (Wildman–Crippen LogP) is 0.953. The smallest absolute Gasteiger partial charge is 0.188 e. The van der Waals surface area contributed by atoms with Gasteiger partial charge in [0.25, 0.3) is 0 Å². The van der Waals surface area contributed by atoms with E-state index in [4.69, 9.17) is 11.1 Å². The van der Waals surface area contributed by atoms with Gasteiger partial charge in [0.2, 0.25) is 0 Å². The van der Waals surface area contributed by atoms with Gasteiger partial charge in [-0.3, -0.25) is 5.41 Å². The van der Waals surface area contributed by atoms with E-state index >= 15 is 0 Å². The molecule has 3 nitrogen and oxygen atoms in total. The van der Waals surface area contributed by atoms with E-state index in [1.165, 1.54) is 0 Å². The van der Waals surface area contributed by atoms with Gasteiger partial charge in [0.1, 0.15) is 0 Å². The molecule has 0 bridgehead atoms. The first-order valence-corrected chi connectivity index (χ1v) is 5.08. The summed E-state index contributed by atoms with van der Waals surface area (Å²) in [6.07, 6.45) is 3.10. The second-order valence-corrected chi connectivity index (χ2v) is 3.42. The van der Waals surface area contributed by atoms with E-state index in [-0.39, 0.29) is 5.96 Å². The second-order valence-electron chi connectivity index (χ2n) is 2.51. The van der Waals surface area contributed by atoms with Gasteiger partial charge < -0.3 is 10.6 Å². The molecule has 0 aromatic heterocycles. The number of nitrogens with zero attached hydrogens (tertiary/aromatic N) is 1. The number of nitrogens with one attached hydrogen (secondary N) is 1. The van der Waals surface area contributed by atoms with Crippen LogP contribution in [0, 0.1) is 5.41 Å². The van der Waals surface area contributed by atoms with Crippen molar-refractivity contribution in [2.24, 2.45) is 5.73 Å². The van der Waals surface area contributed by atoms with Crippen LogP contribution in [0.2, 0.25) is 0 Å². The third-order valence-corrected chi connectivity index (χ3v) is 2.48. The number of guanidine groups is 1. The van der Waals surface area contributed by atoms with Gasteiger partial charge in [-0.2, -0.15) is 11.8 Å². The van der Waals surface area contributed by atoms with E-state index in [9.17, 15) is 0 Å². The Bertz CT molecular complexity index is 127. The quantitative estimate of drug-likeness (QED) is 0.494. The molecule has 0 saturated carbocycles. The van der Waals surface area contributed by atoms with Crippen LogP contribution in [0.4, 0.5) is 0 Å². The summed E-state index contributed by atoms with van der Waals surface area (Å²) in [5.41, 5.74) is 5.34. The number of thioether (sulfide) groups is 1. The van der Waals surface area contributed by atoms with Gasteiger partial charge in [-0.25, -0.2) is 0 Å². The van der Waals surface area contributed by atoms with Crippen molar-refractivity contribution in [1.29, 1.82) is 5.41 Å². The molecule has 0 aromatic rings. The molecule has 0 amide bonds. The summed E-state index contributed by atoms with van der Waals surface area (Å²) in [4.78, 5) is 1.82. The van der Waals surface area contributed by atoms with Gasteiger partial charge in [0, 0.05) is 18.8 Å². The molecule has 1 atom stereocenters. The molecule has 0 aliphatic rings. The van der Waals surface area contributed by atoms with Crippen molar-refractivity contribution in [3.8, 4) is 0 Å². The van der Waals surface area contributed by atoms with Gasteiger partial charge in [0.05, 0.1) is 0 Å². The first-order chi connectivity index (χ1) is 5.13. The molecule has 0 rings (SSSR count). The average Bonchev–Trinajstić information content (AvgIpc) is 1.98. The van der Waals surface area contributed by atoms with Gasteiger partial charge in [-0.1, -0.05) is 6.92 Å². The lowest BCUT2D eigenvalue weighted by Crippen LogP contribution is -2.42. The summed E-state index contributed by atoms with van der Waals surface area (Å²) in [7, 11) is 1.87. The molecular formula is C7H17N3S. The number of hydrogen-bond donors (Lipinski definition) is 2. The van der Waals surface area contributed by atoms with Gasteiger partial charge in [-0.05, 0) is 12.7 Å². The Kier molecular flexibility index (Phi) is 5.11. The highest BCUT2D eigenvalue weighted by molar-refractivity contribution is 7.98. The molecule has 0 saturated heterocycles. The molecule has 3 N–H and O–H groups in total. The summed E-state index contributed by atoms with van der Waals surface area (Å²) in [6, 6.07) is 0.405. The van der Waals surface area contributed by atoms with Crippen LogP contribution in [0.5, 0.6) is 0 Å². The van der Waals surface area contributed by atoms with Crippen LogP contribution in [0.15, 0.2) is 0 Å². The van der Waals surface area contributed by atoms with Crippen LogP contribution in [-0.2, 0) is 0 Å². The average molecular weight is 175 g/mol. The first-order valence-electron chi connectivity index (χ1n) is 3.69. The zero-order valence-electron chi connectivity index (χ0n) is 7.42. The third kappa shape index (κ3) is 3.51. The highest BCUT2D eigenvalue weighted by Gasteiger charge is 2.11. The van der Waals surface area contributed by atoms with Crippen LogP contribution in [0.3, 0.4) is 0 Å². The Labute approximate surface area is 72.8 Å². The van der Waals surface area contributed by atoms with Crippen LogP contribution >= 0.6 is 11.8 Å². The Morgan fingerprint density at radius 3 is 2.55 bits per heavy atom. The Morgan fingerprint density at radius 2 is 2.27 bits per heavy atom. The van der Waals surface area contributed by atoms with Gasteiger partial charge in [0.15, 0.2) is 5.96 Å². The molecule has 0 aromatic carbocycles. The van der Waals surface area contributed by atoms with Crippen molar-refractivity contribution < 1.29 is 0 Å². The zero-order valence-corrected chi connectivity index (χ0v) is 8.24. The minimum Gasteiger partial charge on any atom is -0.370 e. The van der Waals surface area contributed by atoms with E-state index in [0.29, 0.717) is 6.04 Å². The van der Waals surface area contributed by atoms with E-state index < -0.39 is 0 Å². The normalized spacial score (nSPS) is 12.6. The molecule has 0 aliphatic heterocycles. The SMILES string of the molecule is CCC(CSC)N(C)C(=N)N. The lowest BCUT2D eigenvalue weighted by Gasteiger charge is -2.26. The lowest BCUT2D eigenvalue weighted by atomic mass is 10.2. The highest BCUT2D eigenvalue weighted by atomic mass is 32.2. The maximum Gasteiger partial charge on any atom is 0.188 e. The molecule has 4 heteroatoms. The monoisotopic (exact) mass is 175 g/mol. The molecule has 0 radical (unpaired) electrons. The van der Waals surface area contributed by atoms with Crippen molar-refractivity contribution in [1.82, 2.24) is 4.90 Å². The summed E-state index contributed by atoms with van der Waals surface area (Å²) >= 11 is 1.79. The van der Waals surface area contributed by atoms with Gasteiger partial charge in [-0.15, -0.1) is 0 Å². The second kappa shape index (κ2) is 5.29. The minimum absolute atomic E-state index is 0.158. The third-order valence-electron chi connectivity index (χ3n) is 1.76. The molecular weight excluding hydrogens is 158 g/mol. The number of rotatable bonds is 4. The van der Waals surface area contributed by atoms with E-state index in [1.54, 1.807) is 11.8 Å². The fourth-order valence-corrected chi connectivity index (χ4v) is 1.74. The first kappa shape index (κ1) is 10.6. The van der Waals surface area contributed by atoms with Crippen LogP contribution < -0.4 is 5.73 Å². The molecule has 66 valence electrons. The summed E-state index contributed by atoms with van der Waals surface area (Å²) in [5.74, 6) is 1.19. The standard InChI is InChI=1S/C7H17N3S/c1-4-6(5-11-3)10(2)7(8)9/h6H,4-5H2,1-3H3,(H3,8,9). The lowest BCUT2D eigenvalue weighted by molar-refractivity contribution is 0.380. The maximum absolute atomic E-state index is 7.21. The number of nitrogens with two attached hydrogens (primary N) is 1.